The standard InChI is InChI=1S/C18H28N2O4S/c1-3-11-25(21,22)20-13-18(14-20)16(8-10-24-18)7-9-23-12-17-6-4-5-15(2)19-17/h4-6,16H,3,7-14H2,1-2H3/t16-/m0/s1. The number of hydrogen-bond acceptors (Lipinski definition) is 5. The number of pyridine rings is 1. The van der Waals surface area contributed by atoms with Crippen molar-refractivity contribution in [1.29, 1.82) is 0 Å². The fraction of sp³-hybridized carbons (Fsp3) is 0.722. The first-order chi connectivity index (χ1) is 12.0. The fourth-order valence-electron chi connectivity index (χ4n) is 3.76. The zero-order valence-corrected chi connectivity index (χ0v) is 15.9. The molecule has 2 saturated heterocycles. The van der Waals surface area contributed by atoms with Crippen molar-refractivity contribution in [3.05, 3.63) is 29.6 Å². The van der Waals surface area contributed by atoms with Crippen LogP contribution in [0.4, 0.5) is 0 Å². The minimum Gasteiger partial charge on any atom is -0.375 e. The van der Waals surface area contributed by atoms with Crippen molar-refractivity contribution < 1.29 is 17.9 Å². The predicted octanol–water partition coefficient (Wildman–Crippen LogP) is 2.13. The van der Waals surface area contributed by atoms with Gasteiger partial charge in [-0.15, -0.1) is 0 Å². The summed E-state index contributed by atoms with van der Waals surface area (Å²) in [5, 5.41) is 0. The second-order valence-corrected chi connectivity index (χ2v) is 9.18. The van der Waals surface area contributed by atoms with Gasteiger partial charge in [0.15, 0.2) is 0 Å². The van der Waals surface area contributed by atoms with Gasteiger partial charge in [-0.2, -0.15) is 4.31 Å². The van der Waals surface area contributed by atoms with Crippen molar-refractivity contribution in [2.45, 2.75) is 45.3 Å². The number of nitrogens with zero attached hydrogens (tertiary/aromatic N) is 2. The molecule has 0 N–H and O–H groups in total. The zero-order valence-electron chi connectivity index (χ0n) is 15.1. The smallest absolute Gasteiger partial charge is 0.214 e. The summed E-state index contributed by atoms with van der Waals surface area (Å²) in [6.45, 7) is 6.73. The molecule has 0 bridgehead atoms. The van der Waals surface area contributed by atoms with Crippen molar-refractivity contribution in [2.75, 3.05) is 32.1 Å². The average molecular weight is 368 g/mol. The fourth-order valence-corrected chi connectivity index (χ4v) is 5.36. The van der Waals surface area contributed by atoms with Gasteiger partial charge in [0.1, 0.15) is 0 Å². The first kappa shape index (κ1) is 18.8. The molecule has 2 fully saturated rings. The molecule has 1 aromatic heterocycles. The molecule has 2 aliphatic heterocycles. The van der Waals surface area contributed by atoms with E-state index in [0.29, 0.717) is 45.2 Å². The molecule has 0 aliphatic carbocycles. The Kier molecular flexibility index (Phi) is 5.78. The Morgan fingerprint density at radius 2 is 2.20 bits per heavy atom. The van der Waals surface area contributed by atoms with Gasteiger partial charge >= 0.3 is 0 Å². The van der Waals surface area contributed by atoms with Crippen molar-refractivity contribution in [3.63, 3.8) is 0 Å². The Morgan fingerprint density at radius 3 is 2.92 bits per heavy atom. The Morgan fingerprint density at radius 1 is 1.40 bits per heavy atom. The second-order valence-electron chi connectivity index (χ2n) is 7.09. The van der Waals surface area contributed by atoms with Gasteiger partial charge in [0.25, 0.3) is 0 Å². The lowest BCUT2D eigenvalue weighted by atomic mass is 9.80. The summed E-state index contributed by atoms with van der Waals surface area (Å²) < 4.78 is 37.6. The number of aromatic nitrogens is 1. The summed E-state index contributed by atoms with van der Waals surface area (Å²) >= 11 is 0. The summed E-state index contributed by atoms with van der Waals surface area (Å²) in [6.07, 6.45) is 2.53. The number of hydrogen-bond donors (Lipinski definition) is 0. The van der Waals surface area contributed by atoms with Crippen LogP contribution in [0.1, 0.15) is 37.6 Å². The SMILES string of the molecule is CCCS(=O)(=O)N1CC2(C1)OCC[C@@H]2CCOCc1cccc(C)n1. The predicted molar refractivity (Wildman–Crippen MR) is 95.7 cm³/mol. The van der Waals surface area contributed by atoms with Gasteiger partial charge in [0.2, 0.25) is 10.0 Å². The molecule has 0 aromatic carbocycles. The largest absolute Gasteiger partial charge is 0.375 e. The molecule has 6 nitrogen and oxygen atoms in total. The van der Waals surface area contributed by atoms with Crippen LogP contribution in [-0.2, 0) is 26.1 Å². The van der Waals surface area contributed by atoms with Crippen molar-refractivity contribution in [1.82, 2.24) is 9.29 Å². The highest BCUT2D eigenvalue weighted by Gasteiger charge is 2.55. The van der Waals surface area contributed by atoms with Gasteiger partial charge in [-0.3, -0.25) is 4.98 Å². The van der Waals surface area contributed by atoms with E-state index in [2.05, 4.69) is 4.98 Å². The first-order valence-corrected chi connectivity index (χ1v) is 10.7. The molecular weight excluding hydrogens is 340 g/mol. The Labute approximate surface area is 150 Å². The van der Waals surface area contributed by atoms with E-state index in [0.717, 1.165) is 24.2 Å². The van der Waals surface area contributed by atoms with E-state index >= 15 is 0 Å². The highest BCUT2D eigenvalue weighted by Crippen LogP contribution is 2.42. The van der Waals surface area contributed by atoms with Crippen LogP contribution in [0.5, 0.6) is 0 Å². The number of sulfonamides is 1. The van der Waals surface area contributed by atoms with Crippen LogP contribution in [0.3, 0.4) is 0 Å². The summed E-state index contributed by atoms with van der Waals surface area (Å²) in [5.74, 6) is 0.589. The summed E-state index contributed by atoms with van der Waals surface area (Å²) in [4.78, 5) is 4.43. The molecule has 2 aliphatic rings. The lowest BCUT2D eigenvalue weighted by molar-refractivity contribution is -0.105. The monoisotopic (exact) mass is 368 g/mol. The number of rotatable bonds is 8. The van der Waals surface area contributed by atoms with E-state index in [-0.39, 0.29) is 11.4 Å². The summed E-state index contributed by atoms with van der Waals surface area (Å²) in [7, 11) is -3.11. The quantitative estimate of drug-likeness (QED) is 0.658. The van der Waals surface area contributed by atoms with E-state index in [4.69, 9.17) is 9.47 Å². The third-order valence-electron chi connectivity index (χ3n) is 5.15. The van der Waals surface area contributed by atoms with E-state index in [1.807, 2.05) is 32.0 Å². The van der Waals surface area contributed by atoms with Crippen LogP contribution >= 0.6 is 0 Å². The molecule has 0 amide bonds. The molecular formula is C18H28N2O4S. The first-order valence-electron chi connectivity index (χ1n) is 9.07. The van der Waals surface area contributed by atoms with Crippen LogP contribution in [0.25, 0.3) is 0 Å². The van der Waals surface area contributed by atoms with E-state index in [1.54, 1.807) is 4.31 Å². The third-order valence-corrected chi connectivity index (χ3v) is 7.12. The maximum absolute atomic E-state index is 12.1. The molecule has 1 aromatic rings. The molecule has 3 heterocycles. The molecule has 140 valence electrons. The topological polar surface area (TPSA) is 68.7 Å². The van der Waals surface area contributed by atoms with Crippen molar-refractivity contribution in [2.24, 2.45) is 5.92 Å². The lowest BCUT2D eigenvalue weighted by Crippen LogP contribution is -2.66. The highest BCUT2D eigenvalue weighted by atomic mass is 32.2. The molecule has 0 unspecified atom stereocenters. The molecule has 1 spiro atoms. The molecule has 7 heteroatoms. The van der Waals surface area contributed by atoms with E-state index < -0.39 is 10.0 Å². The second kappa shape index (κ2) is 7.70. The molecule has 1 atom stereocenters. The Bertz CT molecular complexity index is 686. The Hall–Kier alpha value is -1.02. The van der Waals surface area contributed by atoms with Gasteiger partial charge in [0.05, 0.1) is 23.7 Å². The zero-order chi connectivity index (χ0) is 17.9. The van der Waals surface area contributed by atoms with Crippen molar-refractivity contribution in [3.8, 4) is 0 Å². The van der Waals surface area contributed by atoms with Crippen LogP contribution in [0, 0.1) is 12.8 Å². The third kappa shape index (κ3) is 4.22. The van der Waals surface area contributed by atoms with Crippen LogP contribution in [0.2, 0.25) is 0 Å². The van der Waals surface area contributed by atoms with Crippen molar-refractivity contribution >= 4 is 10.0 Å². The Balaban J connectivity index is 1.45. The molecule has 0 radical (unpaired) electrons. The van der Waals surface area contributed by atoms with E-state index in [9.17, 15) is 8.42 Å². The summed E-state index contributed by atoms with van der Waals surface area (Å²) in [6, 6.07) is 5.92. The van der Waals surface area contributed by atoms with E-state index in [1.165, 1.54) is 0 Å². The maximum atomic E-state index is 12.1. The maximum Gasteiger partial charge on any atom is 0.214 e. The molecule has 25 heavy (non-hydrogen) atoms. The molecule has 0 saturated carbocycles. The van der Waals surface area contributed by atoms with Gasteiger partial charge in [-0.1, -0.05) is 13.0 Å². The van der Waals surface area contributed by atoms with Crippen LogP contribution in [0.15, 0.2) is 18.2 Å². The normalized spacial score (nSPS) is 23.0. The lowest BCUT2D eigenvalue weighted by Gasteiger charge is -2.49. The van der Waals surface area contributed by atoms with Gasteiger partial charge in [0, 0.05) is 32.0 Å². The van der Waals surface area contributed by atoms with Gasteiger partial charge in [-0.05, 0) is 44.2 Å². The van der Waals surface area contributed by atoms with Gasteiger partial charge in [-0.25, -0.2) is 8.42 Å². The minimum absolute atomic E-state index is 0.223. The number of ether oxygens (including phenoxy) is 2. The van der Waals surface area contributed by atoms with Crippen LogP contribution in [-0.4, -0.2) is 55.4 Å². The number of aryl methyl sites for hydroxylation is 1. The van der Waals surface area contributed by atoms with Crippen LogP contribution < -0.4 is 0 Å². The summed E-state index contributed by atoms with van der Waals surface area (Å²) in [5.41, 5.74) is 1.65. The van der Waals surface area contributed by atoms with Gasteiger partial charge < -0.3 is 9.47 Å². The molecule has 3 rings (SSSR count). The highest BCUT2D eigenvalue weighted by molar-refractivity contribution is 7.89. The average Bonchev–Trinajstić information content (AvgIpc) is 2.94. The minimum atomic E-state index is -3.11.